The van der Waals surface area contributed by atoms with E-state index in [0.717, 1.165) is 18.4 Å². The smallest absolute Gasteiger partial charge is 0.260 e. The van der Waals surface area contributed by atoms with Gasteiger partial charge in [0.15, 0.2) is 18.1 Å². The first kappa shape index (κ1) is 24.1. The molecule has 2 N–H and O–H groups in total. The number of amides is 2. The van der Waals surface area contributed by atoms with Crippen LogP contribution >= 0.6 is 0 Å². The molecule has 2 aromatic rings. The maximum absolute atomic E-state index is 12.8. The lowest BCUT2D eigenvalue weighted by molar-refractivity contribution is -0.134. The van der Waals surface area contributed by atoms with Crippen LogP contribution in [0.3, 0.4) is 0 Å². The third kappa shape index (κ3) is 7.51. The number of ether oxygens (including phenoxy) is 3. The maximum Gasteiger partial charge on any atom is 0.260 e. The standard InChI is InChI=1S/C24H32N2O5/c1-4-12-26(23(27)17-31-20-9-7-8-19(15-20)24(25)28)16-18-10-11-21(30-13-5-2)22(14-18)29-6-3/h7-11,14-15H,4-6,12-13,16-17H2,1-3H3,(H2,25,28). The van der Waals surface area contributed by atoms with Gasteiger partial charge in [-0.05, 0) is 55.7 Å². The molecule has 0 saturated heterocycles. The fraction of sp³-hybridized carbons (Fsp3) is 0.417. The summed E-state index contributed by atoms with van der Waals surface area (Å²) in [6.07, 6.45) is 1.73. The topological polar surface area (TPSA) is 91.1 Å². The highest BCUT2D eigenvalue weighted by Crippen LogP contribution is 2.29. The first-order valence-electron chi connectivity index (χ1n) is 10.7. The van der Waals surface area contributed by atoms with E-state index >= 15 is 0 Å². The predicted molar refractivity (Wildman–Crippen MR) is 120 cm³/mol. The SMILES string of the molecule is CCCOc1ccc(CN(CCC)C(=O)COc2cccc(C(N)=O)c2)cc1OCC. The van der Waals surface area contributed by atoms with Gasteiger partial charge in [0.1, 0.15) is 5.75 Å². The van der Waals surface area contributed by atoms with E-state index in [0.29, 0.717) is 49.1 Å². The van der Waals surface area contributed by atoms with Gasteiger partial charge in [0.05, 0.1) is 13.2 Å². The Kier molecular flexibility index (Phi) is 9.68. The molecule has 7 nitrogen and oxygen atoms in total. The summed E-state index contributed by atoms with van der Waals surface area (Å²) in [6, 6.07) is 12.2. The molecule has 0 fully saturated rings. The van der Waals surface area contributed by atoms with Crippen molar-refractivity contribution in [1.82, 2.24) is 4.90 Å². The average Bonchev–Trinajstić information content (AvgIpc) is 2.77. The molecule has 0 saturated carbocycles. The van der Waals surface area contributed by atoms with Crippen LogP contribution in [0.2, 0.25) is 0 Å². The normalized spacial score (nSPS) is 10.4. The number of nitrogens with two attached hydrogens (primary N) is 1. The zero-order valence-electron chi connectivity index (χ0n) is 18.6. The van der Waals surface area contributed by atoms with Crippen LogP contribution in [0.25, 0.3) is 0 Å². The van der Waals surface area contributed by atoms with E-state index in [9.17, 15) is 9.59 Å². The van der Waals surface area contributed by atoms with Gasteiger partial charge in [0, 0.05) is 18.7 Å². The number of carbonyl (C=O) groups is 2. The molecule has 0 atom stereocenters. The maximum atomic E-state index is 12.8. The summed E-state index contributed by atoms with van der Waals surface area (Å²) < 4.78 is 17.1. The lowest BCUT2D eigenvalue weighted by atomic mass is 10.1. The number of primary amides is 1. The van der Waals surface area contributed by atoms with Gasteiger partial charge in [-0.15, -0.1) is 0 Å². The van der Waals surface area contributed by atoms with E-state index in [4.69, 9.17) is 19.9 Å². The molecular formula is C24H32N2O5. The highest BCUT2D eigenvalue weighted by atomic mass is 16.5. The summed E-state index contributed by atoms with van der Waals surface area (Å²) in [6.45, 7) is 8.05. The molecule has 0 aliphatic rings. The van der Waals surface area contributed by atoms with E-state index in [1.807, 2.05) is 32.0 Å². The lowest BCUT2D eigenvalue weighted by Gasteiger charge is -2.23. The summed E-state index contributed by atoms with van der Waals surface area (Å²) >= 11 is 0. The number of benzene rings is 2. The van der Waals surface area contributed by atoms with Gasteiger partial charge < -0.3 is 24.8 Å². The van der Waals surface area contributed by atoms with Gasteiger partial charge in [-0.2, -0.15) is 0 Å². The molecule has 0 aliphatic carbocycles. The Morgan fingerprint density at radius 2 is 1.74 bits per heavy atom. The lowest BCUT2D eigenvalue weighted by Crippen LogP contribution is -2.35. The van der Waals surface area contributed by atoms with Crippen molar-refractivity contribution in [2.75, 3.05) is 26.4 Å². The van der Waals surface area contributed by atoms with Gasteiger partial charge in [-0.25, -0.2) is 0 Å². The second-order valence-corrected chi connectivity index (χ2v) is 7.06. The average molecular weight is 429 g/mol. The van der Waals surface area contributed by atoms with Crippen LogP contribution in [0, 0.1) is 0 Å². The minimum absolute atomic E-state index is 0.127. The molecule has 168 valence electrons. The molecule has 7 heteroatoms. The van der Waals surface area contributed by atoms with Crippen molar-refractivity contribution < 1.29 is 23.8 Å². The highest BCUT2D eigenvalue weighted by Gasteiger charge is 2.16. The zero-order chi connectivity index (χ0) is 22.6. The third-order valence-electron chi connectivity index (χ3n) is 4.47. The van der Waals surface area contributed by atoms with Gasteiger partial charge in [0.25, 0.3) is 5.91 Å². The first-order valence-corrected chi connectivity index (χ1v) is 10.7. The fourth-order valence-electron chi connectivity index (χ4n) is 3.01. The van der Waals surface area contributed by atoms with E-state index < -0.39 is 5.91 Å². The number of hydrogen-bond donors (Lipinski definition) is 1. The minimum atomic E-state index is -0.541. The van der Waals surface area contributed by atoms with Gasteiger partial charge in [-0.3, -0.25) is 9.59 Å². The fourth-order valence-corrected chi connectivity index (χ4v) is 3.01. The van der Waals surface area contributed by atoms with Crippen molar-refractivity contribution >= 4 is 11.8 Å². The van der Waals surface area contributed by atoms with Crippen LogP contribution in [-0.2, 0) is 11.3 Å². The number of carbonyl (C=O) groups excluding carboxylic acids is 2. The van der Waals surface area contributed by atoms with E-state index in [1.54, 1.807) is 23.1 Å². The van der Waals surface area contributed by atoms with Crippen LogP contribution < -0.4 is 19.9 Å². The Labute approximate surface area is 184 Å². The number of rotatable bonds is 13. The molecule has 0 aromatic heterocycles. The summed E-state index contributed by atoms with van der Waals surface area (Å²) in [4.78, 5) is 25.9. The molecular weight excluding hydrogens is 396 g/mol. The Morgan fingerprint density at radius 1 is 0.935 bits per heavy atom. The van der Waals surface area contributed by atoms with Crippen molar-refractivity contribution in [1.29, 1.82) is 0 Å². The molecule has 0 heterocycles. The van der Waals surface area contributed by atoms with Crippen LogP contribution in [0.15, 0.2) is 42.5 Å². The molecule has 2 aromatic carbocycles. The number of hydrogen-bond acceptors (Lipinski definition) is 5. The quantitative estimate of drug-likeness (QED) is 0.524. The zero-order valence-corrected chi connectivity index (χ0v) is 18.6. The minimum Gasteiger partial charge on any atom is -0.490 e. The van der Waals surface area contributed by atoms with Crippen LogP contribution in [0.5, 0.6) is 17.2 Å². The monoisotopic (exact) mass is 428 g/mol. The highest BCUT2D eigenvalue weighted by molar-refractivity contribution is 5.93. The predicted octanol–water partition coefficient (Wildman–Crippen LogP) is 3.79. The molecule has 0 aliphatic heterocycles. The summed E-state index contributed by atoms with van der Waals surface area (Å²) in [5.74, 6) is 1.13. The molecule has 31 heavy (non-hydrogen) atoms. The Bertz CT molecular complexity index is 869. The second kappa shape index (κ2) is 12.5. The van der Waals surface area contributed by atoms with Crippen LogP contribution in [-0.4, -0.2) is 43.1 Å². The molecule has 0 radical (unpaired) electrons. The third-order valence-corrected chi connectivity index (χ3v) is 4.47. The Balaban J connectivity index is 2.07. The van der Waals surface area contributed by atoms with E-state index in [-0.39, 0.29) is 12.5 Å². The van der Waals surface area contributed by atoms with Crippen LogP contribution in [0.1, 0.15) is 49.5 Å². The van der Waals surface area contributed by atoms with Crippen LogP contribution in [0.4, 0.5) is 0 Å². The van der Waals surface area contributed by atoms with Crippen molar-refractivity contribution in [2.45, 2.75) is 40.2 Å². The second-order valence-electron chi connectivity index (χ2n) is 7.06. The summed E-state index contributed by atoms with van der Waals surface area (Å²) in [5.41, 5.74) is 6.58. The Morgan fingerprint density at radius 3 is 2.42 bits per heavy atom. The molecule has 2 rings (SSSR count). The van der Waals surface area contributed by atoms with Crippen molar-refractivity contribution in [3.63, 3.8) is 0 Å². The van der Waals surface area contributed by atoms with Crippen molar-refractivity contribution in [3.05, 3.63) is 53.6 Å². The first-order chi connectivity index (χ1) is 15.0. The molecule has 0 unspecified atom stereocenters. The number of nitrogens with zero attached hydrogens (tertiary/aromatic N) is 1. The molecule has 2 amide bonds. The van der Waals surface area contributed by atoms with E-state index in [2.05, 4.69) is 6.92 Å². The summed E-state index contributed by atoms with van der Waals surface area (Å²) in [7, 11) is 0. The van der Waals surface area contributed by atoms with Gasteiger partial charge in [0.2, 0.25) is 5.91 Å². The van der Waals surface area contributed by atoms with E-state index in [1.165, 1.54) is 6.07 Å². The van der Waals surface area contributed by atoms with Crippen molar-refractivity contribution in [2.24, 2.45) is 5.73 Å². The van der Waals surface area contributed by atoms with Gasteiger partial charge >= 0.3 is 0 Å². The van der Waals surface area contributed by atoms with Gasteiger partial charge in [-0.1, -0.05) is 26.0 Å². The largest absolute Gasteiger partial charge is 0.490 e. The molecule has 0 spiro atoms. The van der Waals surface area contributed by atoms with Crippen molar-refractivity contribution in [3.8, 4) is 17.2 Å². The Hall–Kier alpha value is -3.22. The molecule has 0 bridgehead atoms. The summed E-state index contributed by atoms with van der Waals surface area (Å²) in [5, 5.41) is 0.